The second-order valence-corrected chi connectivity index (χ2v) is 3.22. The van der Waals surface area contributed by atoms with Crippen LogP contribution >= 0.6 is 0 Å². The Hall–Kier alpha value is -1.75. The summed E-state index contributed by atoms with van der Waals surface area (Å²) in [6.45, 7) is 0. The van der Waals surface area contributed by atoms with Crippen molar-refractivity contribution >= 4 is 5.91 Å². The fourth-order valence-electron chi connectivity index (χ4n) is 1.35. The normalized spacial score (nSPS) is 9.69. The number of carbonyl (C=O) groups excluding carboxylic acids is 1. The van der Waals surface area contributed by atoms with Crippen LogP contribution in [0.1, 0.15) is 12.0 Å². The van der Waals surface area contributed by atoms with Gasteiger partial charge in [-0.3, -0.25) is 10.0 Å². The molecule has 0 aliphatic carbocycles. The highest BCUT2D eigenvalue weighted by Crippen LogP contribution is 2.27. The number of aryl methyl sites for hydroxylation is 1. The molecule has 0 aromatic heterocycles. The van der Waals surface area contributed by atoms with E-state index in [1.807, 2.05) is 12.1 Å². The van der Waals surface area contributed by atoms with Crippen molar-refractivity contribution in [2.45, 2.75) is 12.8 Å². The molecule has 0 heterocycles. The zero-order chi connectivity index (χ0) is 12.0. The molecule has 0 unspecified atom stereocenters. The van der Waals surface area contributed by atoms with Gasteiger partial charge in [-0.05, 0) is 24.1 Å². The third kappa shape index (κ3) is 3.13. The summed E-state index contributed by atoms with van der Waals surface area (Å²) in [7, 11) is 3.12. The monoisotopic (exact) mass is 225 g/mol. The summed E-state index contributed by atoms with van der Waals surface area (Å²) in [6.07, 6.45) is 0.763. The van der Waals surface area contributed by atoms with Crippen LogP contribution in [0.2, 0.25) is 0 Å². The van der Waals surface area contributed by atoms with Crippen molar-refractivity contribution in [3.63, 3.8) is 0 Å². The van der Waals surface area contributed by atoms with Crippen molar-refractivity contribution < 1.29 is 19.5 Å². The van der Waals surface area contributed by atoms with Gasteiger partial charge in [-0.2, -0.15) is 0 Å². The van der Waals surface area contributed by atoms with Crippen molar-refractivity contribution in [2.75, 3.05) is 14.2 Å². The lowest BCUT2D eigenvalue weighted by molar-refractivity contribution is -0.129. The molecule has 0 saturated heterocycles. The standard InChI is InChI=1S/C11H15NO4/c1-15-9-5-3-8(7-10(9)16-2)4-6-11(13)12-14/h3,5,7,14H,4,6H2,1-2H3,(H,12,13). The Bertz CT molecular complexity index is 365. The van der Waals surface area contributed by atoms with Crippen molar-refractivity contribution in [1.82, 2.24) is 5.48 Å². The predicted molar refractivity (Wildman–Crippen MR) is 57.8 cm³/mol. The number of hydroxylamine groups is 1. The minimum Gasteiger partial charge on any atom is -0.493 e. The van der Waals surface area contributed by atoms with Crippen molar-refractivity contribution in [2.24, 2.45) is 0 Å². The number of rotatable bonds is 5. The number of benzene rings is 1. The Kier molecular flexibility index (Phi) is 4.60. The first kappa shape index (κ1) is 12.3. The second kappa shape index (κ2) is 5.97. The van der Waals surface area contributed by atoms with Gasteiger partial charge >= 0.3 is 0 Å². The maximum atomic E-state index is 10.8. The fraction of sp³-hybridized carbons (Fsp3) is 0.364. The number of hydrogen-bond donors (Lipinski definition) is 2. The zero-order valence-electron chi connectivity index (χ0n) is 9.32. The molecule has 16 heavy (non-hydrogen) atoms. The summed E-state index contributed by atoms with van der Waals surface area (Å²) in [6, 6.07) is 5.44. The van der Waals surface area contributed by atoms with Gasteiger partial charge in [-0.15, -0.1) is 0 Å². The van der Waals surface area contributed by atoms with Gasteiger partial charge in [-0.25, -0.2) is 5.48 Å². The maximum absolute atomic E-state index is 10.8. The third-order valence-corrected chi connectivity index (χ3v) is 2.21. The molecule has 0 radical (unpaired) electrons. The lowest BCUT2D eigenvalue weighted by Gasteiger charge is -2.09. The Morgan fingerprint density at radius 2 is 2.00 bits per heavy atom. The topological polar surface area (TPSA) is 67.8 Å². The fourth-order valence-corrected chi connectivity index (χ4v) is 1.35. The number of ether oxygens (including phenoxy) is 2. The van der Waals surface area contributed by atoms with Gasteiger partial charge in [-0.1, -0.05) is 6.07 Å². The maximum Gasteiger partial charge on any atom is 0.243 e. The summed E-state index contributed by atoms with van der Waals surface area (Å²) < 4.78 is 10.2. The van der Waals surface area contributed by atoms with Gasteiger partial charge in [0.15, 0.2) is 11.5 Å². The number of hydrogen-bond acceptors (Lipinski definition) is 4. The van der Waals surface area contributed by atoms with Crippen LogP contribution in [0, 0.1) is 0 Å². The molecule has 1 aromatic carbocycles. The molecule has 1 amide bonds. The molecule has 0 aliphatic heterocycles. The van der Waals surface area contributed by atoms with E-state index in [9.17, 15) is 4.79 Å². The smallest absolute Gasteiger partial charge is 0.243 e. The van der Waals surface area contributed by atoms with E-state index < -0.39 is 5.91 Å². The van der Waals surface area contributed by atoms with E-state index in [1.54, 1.807) is 25.8 Å². The highest BCUT2D eigenvalue weighted by atomic mass is 16.5. The van der Waals surface area contributed by atoms with E-state index in [1.165, 1.54) is 0 Å². The van der Waals surface area contributed by atoms with Crippen LogP contribution < -0.4 is 15.0 Å². The van der Waals surface area contributed by atoms with E-state index >= 15 is 0 Å². The summed E-state index contributed by atoms with van der Waals surface area (Å²) in [5, 5.41) is 8.35. The van der Waals surface area contributed by atoms with Gasteiger partial charge in [0.05, 0.1) is 14.2 Å². The lowest BCUT2D eigenvalue weighted by Crippen LogP contribution is -2.18. The Morgan fingerprint density at radius 3 is 2.56 bits per heavy atom. The molecular formula is C11H15NO4. The lowest BCUT2D eigenvalue weighted by atomic mass is 10.1. The molecule has 0 bridgehead atoms. The van der Waals surface area contributed by atoms with Crippen LogP contribution in [0.25, 0.3) is 0 Å². The summed E-state index contributed by atoms with van der Waals surface area (Å²) in [5.41, 5.74) is 2.54. The summed E-state index contributed by atoms with van der Waals surface area (Å²) in [4.78, 5) is 10.8. The van der Waals surface area contributed by atoms with E-state index in [4.69, 9.17) is 14.7 Å². The Labute approximate surface area is 93.9 Å². The van der Waals surface area contributed by atoms with Gasteiger partial charge < -0.3 is 9.47 Å². The highest BCUT2D eigenvalue weighted by molar-refractivity contribution is 5.74. The average Bonchev–Trinajstić information content (AvgIpc) is 2.35. The van der Waals surface area contributed by atoms with E-state index in [0.29, 0.717) is 17.9 Å². The quantitative estimate of drug-likeness (QED) is 0.582. The molecule has 88 valence electrons. The van der Waals surface area contributed by atoms with Gasteiger partial charge in [0.1, 0.15) is 0 Å². The molecule has 0 saturated carbocycles. The van der Waals surface area contributed by atoms with E-state index in [-0.39, 0.29) is 6.42 Å². The van der Waals surface area contributed by atoms with Crippen LogP contribution in [0.15, 0.2) is 18.2 Å². The number of carbonyl (C=O) groups is 1. The van der Waals surface area contributed by atoms with Crippen LogP contribution in [0.5, 0.6) is 11.5 Å². The molecule has 5 nitrogen and oxygen atoms in total. The first-order valence-electron chi connectivity index (χ1n) is 4.85. The summed E-state index contributed by atoms with van der Waals surface area (Å²) in [5.74, 6) is 0.872. The van der Waals surface area contributed by atoms with Crippen LogP contribution in [0.3, 0.4) is 0 Å². The second-order valence-electron chi connectivity index (χ2n) is 3.22. The number of methoxy groups -OCH3 is 2. The molecule has 0 fully saturated rings. The van der Waals surface area contributed by atoms with Crippen LogP contribution in [-0.4, -0.2) is 25.3 Å². The molecule has 1 aromatic rings. The third-order valence-electron chi connectivity index (χ3n) is 2.21. The molecule has 2 N–H and O–H groups in total. The van der Waals surface area contributed by atoms with Crippen LogP contribution in [-0.2, 0) is 11.2 Å². The highest BCUT2D eigenvalue weighted by Gasteiger charge is 2.06. The molecule has 0 atom stereocenters. The number of nitrogens with one attached hydrogen (secondary N) is 1. The number of amides is 1. The minimum atomic E-state index is -0.408. The first-order chi connectivity index (χ1) is 7.71. The minimum absolute atomic E-state index is 0.228. The average molecular weight is 225 g/mol. The van der Waals surface area contributed by atoms with Crippen LogP contribution in [0.4, 0.5) is 0 Å². The van der Waals surface area contributed by atoms with Gasteiger partial charge in [0, 0.05) is 6.42 Å². The molecule has 5 heteroatoms. The zero-order valence-corrected chi connectivity index (χ0v) is 9.32. The summed E-state index contributed by atoms with van der Waals surface area (Å²) >= 11 is 0. The van der Waals surface area contributed by atoms with Gasteiger partial charge in [0.2, 0.25) is 5.91 Å². The Balaban J connectivity index is 2.71. The molecular weight excluding hydrogens is 210 g/mol. The molecule has 1 rings (SSSR count). The SMILES string of the molecule is COc1ccc(CCC(=O)NO)cc1OC. The molecule has 0 aliphatic rings. The van der Waals surface area contributed by atoms with Crippen molar-refractivity contribution in [3.8, 4) is 11.5 Å². The van der Waals surface area contributed by atoms with Crippen molar-refractivity contribution in [3.05, 3.63) is 23.8 Å². The largest absolute Gasteiger partial charge is 0.493 e. The predicted octanol–water partition coefficient (Wildman–Crippen LogP) is 1.14. The van der Waals surface area contributed by atoms with Gasteiger partial charge in [0.25, 0.3) is 0 Å². The first-order valence-corrected chi connectivity index (χ1v) is 4.85. The van der Waals surface area contributed by atoms with Crippen molar-refractivity contribution in [1.29, 1.82) is 0 Å². The van der Waals surface area contributed by atoms with E-state index in [2.05, 4.69) is 0 Å². The Morgan fingerprint density at radius 1 is 1.31 bits per heavy atom. The molecule has 0 spiro atoms. The van der Waals surface area contributed by atoms with E-state index in [0.717, 1.165) is 5.56 Å².